The van der Waals surface area contributed by atoms with Crippen LogP contribution in [0.1, 0.15) is 30.4 Å². The Balaban J connectivity index is 1.44. The maximum absolute atomic E-state index is 12.7. The minimum Gasteiger partial charge on any atom is -0.497 e. The lowest BCUT2D eigenvalue weighted by Gasteiger charge is -2.32. The molecule has 1 aliphatic rings. The van der Waals surface area contributed by atoms with Crippen molar-refractivity contribution in [3.63, 3.8) is 0 Å². The Morgan fingerprint density at radius 1 is 1.06 bits per heavy atom. The normalized spacial score (nSPS) is 14.1. The predicted molar refractivity (Wildman–Crippen MR) is 121 cm³/mol. The Labute approximate surface area is 183 Å². The highest BCUT2D eigenvalue weighted by molar-refractivity contribution is 5.91. The molecule has 7 heteroatoms. The topological polar surface area (TPSA) is 79.9 Å². The Kier molecular flexibility index (Phi) is 7.76. The number of nitrogens with zero attached hydrogens (tertiary/aromatic N) is 1. The molecule has 1 aliphatic heterocycles. The summed E-state index contributed by atoms with van der Waals surface area (Å²) in [6.07, 6.45) is 2.11. The van der Waals surface area contributed by atoms with Gasteiger partial charge in [-0.25, -0.2) is 4.79 Å². The molecule has 166 valence electrons. The molecule has 0 radical (unpaired) electrons. The third kappa shape index (κ3) is 6.13. The van der Waals surface area contributed by atoms with Crippen molar-refractivity contribution < 1.29 is 19.1 Å². The molecule has 2 aromatic rings. The summed E-state index contributed by atoms with van der Waals surface area (Å²) in [5.74, 6) is 1.56. The number of hydrogen-bond acceptors (Lipinski definition) is 4. The van der Waals surface area contributed by atoms with E-state index in [0.29, 0.717) is 43.2 Å². The number of benzene rings is 2. The number of carbonyl (C=O) groups excluding carboxylic acids is 2. The summed E-state index contributed by atoms with van der Waals surface area (Å²) < 4.78 is 10.5. The zero-order chi connectivity index (χ0) is 22.2. The summed E-state index contributed by atoms with van der Waals surface area (Å²) in [7, 11) is 3.14. The van der Waals surface area contributed by atoms with E-state index in [-0.39, 0.29) is 17.9 Å². The number of carbonyl (C=O) groups is 2. The first-order valence-corrected chi connectivity index (χ1v) is 10.6. The van der Waals surface area contributed by atoms with Gasteiger partial charge in [0.1, 0.15) is 11.5 Å². The Morgan fingerprint density at radius 2 is 1.81 bits per heavy atom. The Bertz CT molecular complexity index is 907. The van der Waals surface area contributed by atoms with Crippen LogP contribution in [-0.4, -0.2) is 44.1 Å². The number of urea groups is 1. The number of anilines is 1. The van der Waals surface area contributed by atoms with Crippen LogP contribution in [0.3, 0.4) is 0 Å². The summed E-state index contributed by atoms with van der Waals surface area (Å²) in [4.78, 5) is 26.8. The number of ether oxygens (including phenoxy) is 2. The molecule has 1 heterocycles. The van der Waals surface area contributed by atoms with Gasteiger partial charge in [-0.3, -0.25) is 4.79 Å². The van der Waals surface area contributed by atoms with Gasteiger partial charge in [0.15, 0.2) is 0 Å². The standard InChI is InChI=1S/C24H31N3O4/c1-17-6-4-5-7-19(17)16-25-23(28)14-18-10-12-27(13-11-18)24(29)26-21-9-8-20(30-2)15-22(21)31-3/h4-9,15,18H,10-14,16H2,1-3H3,(H,25,28)(H,26,29). The summed E-state index contributed by atoms with van der Waals surface area (Å²) in [6, 6.07) is 13.2. The number of amides is 3. The van der Waals surface area contributed by atoms with Crippen LogP contribution >= 0.6 is 0 Å². The summed E-state index contributed by atoms with van der Waals surface area (Å²) in [5.41, 5.74) is 2.91. The zero-order valence-electron chi connectivity index (χ0n) is 18.4. The number of nitrogens with one attached hydrogen (secondary N) is 2. The lowest BCUT2D eigenvalue weighted by atomic mass is 9.93. The first kappa shape index (κ1) is 22.5. The van der Waals surface area contributed by atoms with Gasteiger partial charge in [0.2, 0.25) is 5.91 Å². The number of methoxy groups -OCH3 is 2. The SMILES string of the molecule is COc1ccc(NC(=O)N2CCC(CC(=O)NCc3ccccc3C)CC2)c(OC)c1. The second kappa shape index (κ2) is 10.7. The van der Waals surface area contributed by atoms with Gasteiger partial charge in [-0.2, -0.15) is 0 Å². The van der Waals surface area contributed by atoms with E-state index in [1.807, 2.05) is 31.2 Å². The monoisotopic (exact) mass is 425 g/mol. The molecule has 0 saturated carbocycles. The highest BCUT2D eigenvalue weighted by atomic mass is 16.5. The average Bonchev–Trinajstić information content (AvgIpc) is 2.79. The third-order valence-electron chi connectivity index (χ3n) is 5.76. The highest BCUT2D eigenvalue weighted by Crippen LogP contribution is 2.30. The first-order chi connectivity index (χ1) is 15.0. The fourth-order valence-electron chi connectivity index (χ4n) is 3.77. The van der Waals surface area contributed by atoms with Crippen LogP contribution in [0.2, 0.25) is 0 Å². The number of rotatable bonds is 7. The molecule has 3 rings (SSSR count). The van der Waals surface area contributed by atoms with Gasteiger partial charge in [-0.05, 0) is 48.9 Å². The van der Waals surface area contributed by atoms with Crippen LogP contribution in [-0.2, 0) is 11.3 Å². The maximum Gasteiger partial charge on any atom is 0.321 e. The van der Waals surface area contributed by atoms with Gasteiger partial charge in [0.05, 0.1) is 19.9 Å². The fourth-order valence-corrected chi connectivity index (χ4v) is 3.77. The van der Waals surface area contributed by atoms with Crippen molar-refractivity contribution in [2.24, 2.45) is 5.92 Å². The van der Waals surface area contributed by atoms with E-state index in [1.165, 1.54) is 5.56 Å². The number of likely N-dealkylation sites (tertiary alicyclic amines) is 1. The molecule has 2 aromatic carbocycles. The molecule has 0 bridgehead atoms. The average molecular weight is 426 g/mol. The van der Waals surface area contributed by atoms with Crippen LogP contribution in [0.4, 0.5) is 10.5 Å². The smallest absolute Gasteiger partial charge is 0.321 e. The van der Waals surface area contributed by atoms with Crippen LogP contribution in [0.15, 0.2) is 42.5 Å². The molecule has 0 aliphatic carbocycles. The molecule has 3 amide bonds. The highest BCUT2D eigenvalue weighted by Gasteiger charge is 2.25. The van der Waals surface area contributed by atoms with Crippen molar-refractivity contribution in [3.8, 4) is 11.5 Å². The molecule has 2 N–H and O–H groups in total. The largest absolute Gasteiger partial charge is 0.497 e. The van der Waals surface area contributed by atoms with Gasteiger partial charge in [0.25, 0.3) is 0 Å². The van der Waals surface area contributed by atoms with E-state index in [4.69, 9.17) is 9.47 Å². The van der Waals surface area contributed by atoms with E-state index in [2.05, 4.69) is 10.6 Å². The molecule has 0 aromatic heterocycles. The molecule has 7 nitrogen and oxygen atoms in total. The minimum atomic E-state index is -0.161. The molecule has 0 atom stereocenters. The maximum atomic E-state index is 12.7. The molecule has 31 heavy (non-hydrogen) atoms. The number of hydrogen-bond donors (Lipinski definition) is 2. The molecule has 1 saturated heterocycles. The van der Waals surface area contributed by atoms with Crippen molar-refractivity contribution in [3.05, 3.63) is 53.6 Å². The van der Waals surface area contributed by atoms with E-state index in [9.17, 15) is 9.59 Å². The first-order valence-electron chi connectivity index (χ1n) is 10.6. The van der Waals surface area contributed by atoms with Crippen LogP contribution < -0.4 is 20.1 Å². The fraction of sp³-hybridized carbons (Fsp3) is 0.417. The molecule has 1 fully saturated rings. The molecule has 0 unspecified atom stereocenters. The van der Waals surface area contributed by atoms with Crippen LogP contribution in [0.5, 0.6) is 11.5 Å². The third-order valence-corrected chi connectivity index (χ3v) is 5.76. The van der Waals surface area contributed by atoms with Crippen molar-refractivity contribution in [2.45, 2.75) is 32.7 Å². The Morgan fingerprint density at radius 3 is 2.48 bits per heavy atom. The van der Waals surface area contributed by atoms with Gasteiger partial charge in [-0.15, -0.1) is 0 Å². The summed E-state index contributed by atoms with van der Waals surface area (Å²) in [5, 5.41) is 5.93. The van der Waals surface area contributed by atoms with Crippen LogP contribution in [0.25, 0.3) is 0 Å². The van der Waals surface area contributed by atoms with E-state index in [1.54, 1.807) is 37.3 Å². The van der Waals surface area contributed by atoms with Gasteiger partial charge < -0.3 is 25.0 Å². The lowest BCUT2D eigenvalue weighted by molar-refractivity contribution is -0.122. The lowest BCUT2D eigenvalue weighted by Crippen LogP contribution is -2.41. The van der Waals surface area contributed by atoms with E-state index < -0.39 is 0 Å². The summed E-state index contributed by atoms with van der Waals surface area (Å²) in [6.45, 7) is 3.85. The van der Waals surface area contributed by atoms with Crippen molar-refractivity contribution in [2.75, 3.05) is 32.6 Å². The van der Waals surface area contributed by atoms with E-state index in [0.717, 1.165) is 18.4 Å². The second-order valence-electron chi connectivity index (χ2n) is 7.83. The predicted octanol–water partition coefficient (Wildman–Crippen LogP) is 3.96. The van der Waals surface area contributed by atoms with Gasteiger partial charge >= 0.3 is 6.03 Å². The van der Waals surface area contributed by atoms with Gasteiger partial charge in [-0.1, -0.05) is 24.3 Å². The van der Waals surface area contributed by atoms with E-state index >= 15 is 0 Å². The van der Waals surface area contributed by atoms with Crippen molar-refractivity contribution in [1.82, 2.24) is 10.2 Å². The quantitative estimate of drug-likeness (QED) is 0.704. The Hall–Kier alpha value is -3.22. The molecular formula is C24H31N3O4. The zero-order valence-corrected chi connectivity index (χ0v) is 18.4. The number of aryl methyl sites for hydroxylation is 1. The van der Waals surface area contributed by atoms with Crippen molar-refractivity contribution in [1.29, 1.82) is 0 Å². The van der Waals surface area contributed by atoms with Crippen molar-refractivity contribution >= 4 is 17.6 Å². The number of piperidine rings is 1. The van der Waals surface area contributed by atoms with Crippen LogP contribution in [0, 0.1) is 12.8 Å². The van der Waals surface area contributed by atoms with Gasteiger partial charge in [0, 0.05) is 32.1 Å². The summed E-state index contributed by atoms with van der Waals surface area (Å²) >= 11 is 0. The minimum absolute atomic E-state index is 0.0640. The second-order valence-corrected chi connectivity index (χ2v) is 7.83. The molecular weight excluding hydrogens is 394 g/mol. The molecule has 0 spiro atoms.